The highest BCUT2D eigenvalue weighted by Crippen LogP contribution is 2.23. The Morgan fingerprint density at radius 1 is 0.509 bits per heavy atom. The topological polar surface area (TPSA) is 57.2 Å². The van der Waals surface area contributed by atoms with Crippen LogP contribution in [-0.2, 0) is 23.7 Å². The molecule has 0 spiro atoms. The van der Waals surface area contributed by atoms with Crippen molar-refractivity contribution >= 4 is 5.97 Å². The van der Waals surface area contributed by atoms with Crippen molar-refractivity contribution in [2.24, 2.45) is 0 Å². The third-order valence-corrected chi connectivity index (χ3v) is 11.2. The average Bonchev–Trinajstić information content (AvgIpc) is 3.54. The first-order chi connectivity index (χ1) is 26.1. The third-order valence-electron chi connectivity index (χ3n) is 11.2. The van der Waals surface area contributed by atoms with E-state index < -0.39 is 0 Å². The Morgan fingerprint density at radius 3 is 1.25 bits per heavy atom. The van der Waals surface area contributed by atoms with Crippen molar-refractivity contribution in [1.29, 1.82) is 0 Å². The largest absolute Gasteiger partial charge is 0.463 e. The Bertz CT molecular complexity index is 748. The van der Waals surface area contributed by atoms with Gasteiger partial charge in [-0.05, 0) is 39.9 Å². The van der Waals surface area contributed by atoms with Gasteiger partial charge < -0.3 is 23.8 Å². The van der Waals surface area contributed by atoms with Crippen LogP contribution in [0, 0.1) is 0 Å². The van der Waals surface area contributed by atoms with Gasteiger partial charge in [-0.15, -0.1) is 0 Å². The second-order valence-corrected chi connectivity index (χ2v) is 16.8. The second kappa shape index (κ2) is 39.5. The van der Waals surface area contributed by atoms with E-state index in [1.165, 1.54) is 193 Å². The van der Waals surface area contributed by atoms with Crippen LogP contribution in [0.15, 0.2) is 0 Å². The molecular formula is C47H93NO5. The molecule has 1 fully saturated rings. The smallest absolute Gasteiger partial charge is 0.305 e. The first-order valence-electron chi connectivity index (χ1n) is 23.7. The predicted molar refractivity (Wildman–Crippen MR) is 227 cm³/mol. The molecule has 6 nitrogen and oxygen atoms in total. The lowest BCUT2D eigenvalue weighted by Gasteiger charge is -2.23. The van der Waals surface area contributed by atoms with E-state index in [0.29, 0.717) is 13.0 Å². The van der Waals surface area contributed by atoms with Crippen LogP contribution in [0.2, 0.25) is 0 Å². The normalized spacial score (nSPS) is 17.3. The van der Waals surface area contributed by atoms with Crippen molar-refractivity contribution in [1.82, 2.24) is 4.90 Å². The number of rotatable bonds is 42. The SMILES string of the molecule is CCCCCCCCCCCCCCCCCCO[C@@H]1[C@@H](OCCCCCCCCCCCCCCCCCC)CO[C@@H]1COC(=O)CCCN(C)C. The lowest BCUT2D eigenvalue weighted by atomic mass is 10.0. The summed E-state index contributed by atoms with van der Waals surface area (Å²) in [7, 11) is 4.05. The quantitative estimate of drug-likeness (QED) is 0.0457. The molecule has 0 aromatic rings. The van der Waals surface area contributed by atoms with Gasteiger partial charge in [0.15, 0.2) is 0 Å². The van der Waals surface area contributed by atoms with Crippen molar-refractivity contribution in [3.63, 3.8) is 0 Å². The molecule has 0 aromatic heterocycles. The van der Waals surface area contributed by atoms with E-state index in [0.717, 1.165) is 39.0 Å². The van der Waals surface area contributed by atoms with Gasteiger partial charge in [-0.25, -0.2) is 0 Å². The van der Waals surface area contributed by atoms with Crippen molar-refractivity contribution in [3.8, 4) is 0 Å². The van der Waals surface area contributed by atoms with Gasteiger partial charge in [-0.2, -0.15) is 0 Å². The van der Waals surface area contributed by atoms with E-state index in [1.54, 1.807) is 0 Å². The number of unbranched alkanes of at least 4 members (excludes halogenated alkanes) is 30. The molecule has 0 aliphatic carbocycles. The van der Waals surface area contributed by atoms with E-state index >= 15 is 0 Å². The van der Waals surface area contributed by atoms with Gasteiger partial charge in [0.2, 0.25) is 0 Å². The summed E-state index contributed by atoms with van der Waals surface area (Å²) in [5.41, 5.74) is 0. The van der Waals surface area contributed by atoms with Gasteiger partial charge in [0.25, 0.3) is 0 Å². The average molecular weight is 752 g/mol. The molecule has 3 atom stereocenters. The molecule has 53 heavy (non-hydrogen) atoms. The zero-order chi connectivity index (χ0) is 38.3. The highest BCUT2D eigenvalue weighted by Gasteiger charge is 2.39. The van der Waals surface area contributed by atoms with Gasteiger partial charge in [0.1, 0.15) is 24.9 Å². The number of nitrogens with zero attached hydrogens (tertiary/aromatic N) is 1. The molecule has 0 saturated carbocycles. The van der Waals surface area contributed by atoms with E-state index in [1.807, 2.05) is 14.1 Å². The molecule has 6 heteroatoms. The van der Waals surface area contributed by atoms with E-state index in [9.17, 15) is 4.79 Å². The number of esters is 1. The van der Waals surface area contributed by atoms with Crippen LogP contribution in [0.25, 0.3) is 0 Å². The van der Waals surface area contributed by atoms with Crippen LogP contribution in [0.5, 0.6) is 0 Å². The molecule has 0 N–H and O–H groups in total. The zero-order valence-corrected chi connectivity index (χ0v) is 36.3. The Kier molecular flexibility index (Phi) is 37.5. The fourth-order valence-corrected chi connectivity index (χ4v) is 7.69. The van der Waals surface area contributed by atoms with Crippen molar-refractivity contribution in [3.05, 3.63) is 0 Å². The predicted octanol–water partition coefficient (Wildman–Crippen LogP) is 13.6. The number of hydrogen-bond acceptors (Lipinski definition) is 6. The number of ether oxygens (including phenoxy) is 4. The fourth-order valence-electron chi connectivity index (χ4n) is 7.69. The van der Waals surface area contributed by atoms with Gasteiger partial charge in [0.05, 0.1) is 6.61 Å². The van der Waals surface area contributed by atoms with Crippen LogP contribution in [-0.4, -0.2) is 76.2 Å². The monoisotopic (exact) mass is 752 g/mol. The summed E-state index contributed by atoms with van der Waals surface area (Å²) in [5, 5.41) is 0. The summed E-state index contributed by atoms with van der Waals surface area (Å²) in [6.45, 7) is 7.72. The van der Waals surface area contributed by atoms with E-state index in [-0.39, 0.29) is 30.9 Å². The van der Waals surface area contributed by atoms with Crippen LogP contribution in [0.1, 0.15) is 232 Å². The summed E-state index contributed by atoms with van der Waals surface area (Å²) < 4.78 is 24.5. The van der Waals surface area contributed by atoms with Crippen molar-refractivity contribution in [2.75, 3.05) is 47.1 Å². The third kappa shape index (κ3) is 33.2. The Hall–Kier alpha value is -0.690. The van der Waals surface area contributed by atoms with Crippen molar-refractivity contribution < 1.29 is 23.7 Å². The first kappa shape index (κ1) is 50.3. The summed E-state index contributed by atoms with van der Waals surface area (Å²) in [6.07, 6.45) is 44.6. The molecule has 0 amide bonds. The standard InChI is InChI=1S/C47H93NO5/c1-5-7-9-11-13-15-17-19-21-23-25-27-29-31-33-35-40-50-44-42-52-45(43-53-46(49)38-37-39-48(3)4)47(44)51-41-36-34-32-30-28-26-24-22-20-18-16-14-12-10-8-6-2/h44-45,47H,5-43H2,1-4H3/t44-,45+,47+/m0/s1. The lowest BCUT2D eigenvalue weighted by molar-refractivity contribution is -0.150. The Balaban J connectivity index is 2.17. The summed E-state index contributed by atoms with van der Waals surface area (Å²) in [6, 6.07) is 0. The van der Waals surface area contributed by atoms with Crippen LogP contribution in [0.3, 0.4) is 0 Å². The minimum atomic E-state index is -0.246. The molecule has 1 heterocycles. The number of carbonyl (C=O) groups is 1. The molecule has 1 saturated heterocycles. The summed E-state index contributed by atoms with van der Waals surface area (Å²) in [4.78, 5) is 14.5. The molecule has 1 aliphatic heterocycles. The molecule has 316 valence electrons. The molecule has 0 unspecified atom stereocenters. The molecule has 0 bridgehead atoms. The first-order valence-corrected chi connectivity index (χ1v) is 23.7. The van der Waals surface area contributed by atoms with Gasteiger partial charge in [0, 0.05) is 19.6 Å². The lowest BCUT2D eigenvalue weighted by Crippen LogP contribution is -2.38. The summed E-state index contributed by atoms with van der Waals surface area (Å²) >= 11 is 0. The maximum atomic E-state index is 12.4. The van der Waals surface area contributed by atoms with Crippen LogP contribution < -0.4 is 0 Å². The highest BCUT2D eigenvalue weighted by atomic mass is 16.6. The maximum Gasteiger partial charge on any atom is 0.305 e. The van der Waals surface area contributed by atoms with E-state index in [2.05, 4.69) is 18.7 Å². The molecule has 0 aromatic carbocycles. The van der Waals surface area contributed by atoms with E-state index in [4.69, 9.17) is 18.9 Å². The Labute approximate surface area is 331 Å². The number of hydrogen-bond donors (Lipinski definition) is 0. The molecule has 1 rings (SSSR count). The summed E-state index contributed by atoms with van der Waals surface area (Å²) in [5.74, 6) is -0.149. The Morgan fingerprint density at radius 2 is 0.868 bits per heavy atom. The minimum absolute atomic E-state index is 0.0789. The molecule has 1 aliphatic rings. The highest BCUT2D eigenvalue weighted by molar-refractivity contribution is 5.69. The zero-order valence-electron chi connectivity index (χ0n) is 36.3. The van der Waals surface area contributed by atoms with Crippen LogP contribution >= 0.6 is 0 Å². The van der Waals surface area contributed by atoms with Gasteiger partial charge in [-0.1, -0.05) is 206 Å². The van der Waals surface area contributed by atoms with Gasteiger partial charge >= 0.3 is 5.97 Å². The number of carbonyl (C=O) groups excluding carboxylic acids is 1. The minimum Gasteiger partial charge on any atom is -0.463 e. The second-order valence-electron chi connectivity index (χ2n) is 16.8. The van der Waals surface area contributed by atoms with Crippen LogP contribution in [0.4, 0.5) is 0 Å². The molecule has 0 radical (unpaired) electrons. The van der Waals surface area contributed by atoms with Crippen molar-refractivity contribution in [2.45, 2.75) is 250 Å². The maximum absolute atomic E-state index is 12.4. The fraction of sp³-hybridized carbons (Fsp3) is 0.979. The van der Waals surface area contributed by atoms with Gasteiger partial charge in [-0.3, -0.25) is 4.79 Å². The molecular weight excluding hydrogens is 659 g/mol.